The first kappa shape index (κ1) is 21.3. The van der Waals surface area contributed by atoms with E-state index in [4.69, 9.17) is 16.3 Å². The molecule has 2 aromatic rings. The highest BCUT2D eigenvalue weighted by Gasteiger charge is 2.17. The lowest BCUT2D eigenvalue weighted by Crippen LogP contribution is -2.26. The van der Waals surface area contributed by atoms with E-state index in [2.05, 4.69) is 44.9 Å². The summed E-state index contributed by atoms with van der Waals surface area (Å²) in [6, 6.07) is 8.65. The quantitative estimate of drug-likeness (QED) is 0.694. The van der Waals surface area contributed by atoms with E-state index >= 15 is 0 Å². The highest BCUT2D eigenvalue weighted by atomic mass is 35.5. The normalized spacial score (nSPS) is 20.0. The van der Waals surface area contributed by atoms with Crippen LogP contribution in [0.25, 0.3) is 0 Å². The summed E-state index contributed by atoms with van der Waals surface area (Å²) in [5.74, 6) is 1.26. The van der Waals surface area contributed by atoms with Crippen molar-refractivity contribution in [2.75, 3.05) is 25.0 Å². The number of nitrogens with one attached hydrogen (secondary N) is 2. The van der Waals surface area contributed by atoms with Crippen LogP contribution in [-0.2, 0) is 11.2 Å². The molecule has 7 heteroatoms. The van der Waals surface area contributed by atoms with Crippen LogP contribution < -0.4 is 10.6 Å². The lowest BCUT2D eigenvalue weighted by molar-refractivity contribution is 0.104. The van der Waals surface area contributed by atoms with Crippen molar-refractivity contribution in [2.24, 2.45) is 0 Å². The van der Waals surface area contributed by atoms with E-state index in [1.165, 1.54) is 18.4 Å². The third kappa shape index (κ3) is 5.57. The molecular weight excluding hydrogens is 395 g/mol. The number of piperidine rings is 1. The summed E-state index contributed by atoms with van der Waals surface area (Å²) in [7, 11) is 0. The summed E-state index contributed by atoms with van der Waals surface area (Å²) in [6.07, 6.45) is 8.51. The molecule has 1 aromatic heterocycles. The van der Waals surface area contributed by atoms with E-state index in [9.17, 15) is 0 Å². The van der Waals surface area contributed by atoms with E-state index in [-0.39, 0.29) is 12.4 Å². The van der Waals surface area contributed by atoms with Gasteiger partial charge < -0.3 is 15.4 Å². The fraction of sp³-hybridized carbons (Fsp3) is 0.524. The van der Waals surface area contributed by atoms with Gasteiger partial charge >= 0.3 is 0 Å². The van der Waals surface area contributed by atoms with Crippen LogP contribution in [0.4, 0.5) is 11.6 Å². The molecule has 0 saturated carbocycles. The number of hydrogen-bond acceptors (Lipinski definition) is 5. The van der Waals surface area contributed by atoms with Crippen LogP contribution in [-0.4, -0.2) is 35.8 Å². The maximum absolute atomic E-state index is 6.29. The Morgan fingerprint density at radius 1 is 1.14 bits per heavy atom. The Morgan fingerprint density at radius 2 is 1.93 bits per heavy atom. The van der Waals surface area contributed by atoms with E-state index < -0.39 is 0 Å². The minimum Gasteiger partial charge on any atom is -0.378 e. The fourth-order valence-corrected chi connectivity index (χ4v) is 4.12. The van der Waals surface area contributed by atoms with Gasteiger partial charge in [0.25, 0.3) is 0 Å². The standard InChI is InChI=1S/C21H27ClN4O.ClH/c22-19-14-24-21(26-20(19)8-7-18-2-1-13-27-18)25-17-5-3-15(4-6-17)16-9-11-23-12-10-16;/h3-6,14,16,18,23H,1-2,7-13H2,(H,24,25,26);1H. The van der Waals surface area contributed by atoms with Crippen molar-refractivity contribution in [3.63, 3.8) is 0 Å². The molecule has 1 unspecified atom stereocenters. The number of nitrogens with zero attached hydrogens (tertiary/aromatic N) is 2. The molecule has 28 heavy (non-hydrogen) atoms. The summed E-state index contributed by atoms with van der Waals surface area (Å²) in [5, 5.41) is 7.35. The summed E-state index contributed by atoms with van der Waals surface area (Å²) in [5.41, 5.74) is 3.30. The van der Waals surface area contributed by atoms with Crippen molar-refractivity contribution < 1.29 is 4.74 Å². The average Bonchev–Trinajstić information content (AvgIpc) is 3.23. The maximum Gasteiger partial charge on any atom is 0.227 e. The van der Waals surface area contributed by atoms with Crippen molar-refractivity contribution in [1.82, 2.24) is 15.3 Å². The Morgan fingerprint density at radius 3 is 2.64 bits per heavy atom. The van der Waals surface area contributed by atoms with Gasteiger partial charge in [-0.3, -0.25) is 0 Å². The van der Waals surface area contributed by atoms with Gasteiger partial charge in [0.15, 0.2) is 0 Å². The van der Waals surface area contributed by atoms with Gasteiger partial charge in [0, 0.05) is 12.3 Å². The van der Waals surface area contributed by atoms with E-state index in [1.54, 1.807) is 6.20 Å². The Bertz CT molecular complexity index is 745. The largest absolute Gasteiger partial charge is 0.378 e. The lowest BCUT2D eigenvalue weighted by atomic mass is 9.90. The zero-order valence-electron chi connectivity index (χ0n) is 16.0. The number of benzene rings is 1. The van der Waals surface area contributed by atoms with Gasteiger partial charge in [0.2, 0.25) is 5.95 Å². The molecule has 2 aliphatic rings. The van der Waals surface area contributed by atoms with Crippen molar-refractivity contribution >= 4 is 35.6 Å². The van der Waals surface area contributed by atoms with Crippen LogP contribution in [0.3, 0.4) is 0 Å². The molecule has 1 aromatic carbocycles. The molecule has 5 nitrogen and oxygen atoms in total. The predicted octanol–water partition coefficient (Wildman–Crippen LogP) is 4.87. The smallest absolute Gasteiger partial charge is 0.227 e. The number of aryl methyl sites for hydroxylation is 1. The minimum absolute atomic E-state index is 0. The first-order valence-electron chi connectivity index (χ1n) is 9.98. The van der Waals surface area contributed by atoms with Gasteiger partial charge in [0.1, 0.15) is 0 Å². The monoisotopic (exact) mass is 422 g/mol. The molecule has 0 radical (unpaired) electrons. The summed E-state index contributed by atoms with van der Waals surface area (Å²) in [4.78, 5) is 8.96. The minimum atomic E-state index is 0. The molecule has 0 spiro atoms. The van der Waals surface area contributed by atoms with Crippen LogP contribution in [0.2, 0.25) is 5.02 Å². The number of aromatic nitrogens is 2. The fourth-order valence-electron chi connectivity index (χ4n) is 3.93. The molecule has 2 N–H and O–H groups in total. The van der Waals surface area contributed by atoms with Crippen LogP contribution in [0.1, 0.15) is 49.3 Å². The van der Waals surface area contributed by atoms with Crippen molar-refractivity contribution in [1.29, 1.82) is 0 Å². The zero-order chi connectivity index (χ0) is 18.5. The average molecular weight is 423 g/mol. The SMILES string of the molecule is Cl.Clc1cnc(Nc2ccc(C3CCNCC3)cc2)nc1CCC1CCCO1. The molecule has 152 valence electrons. The second-order valence-corrected chi connectivity index (χ2v) is 7.84. The van der Waals surface area contributed by atoms with Crippen LogP contribution in [0.15, 0.2) is 30.5 Å². The second-order valence-electron chi connectivity index (χ2n) is 7.43. The molecular formula is C21H28Cl2N4O. The van der Waals surface area contributed by atoms with Gasteiger partial charge in [-0.25, -0.2) is 9.97 Å². The highest BCUT2D eigenvalue weighted by molar-refractivity contribution is 6.31. The Balaban J connectivity index is 0.00000225. The summed E-state index contributed by atoms with van der Waals surface area (Å²) >= 11 is 6.29. The van der Waals surface area contributed by atoms with Gasteiger partial charge in [-0.15, -0.1) is 12.4 Å². The van der Waals surface area contributed by atoms with Gasteiger partial charge in [-0.05, 0) is 75.2 Å². The number of rotatable bonds is 6. The number of hydrogen-bond donors (Lipinski definition) is 2. The lowest BCUT2D eigenvalue weighted by Gasteiger charge is -2.23. The molecule has 2 aliphatic heterocycles. The molecule has 2 fully saturated rings. The van der Waals surface area contributed by atoms with Crippen molar-refractivity contribution in [3.05, 3.63) is 46.7 Å². The highest BCUT2D eigenvalue weighted by Crippen LogP contribution is 2.27. The Kier molecular flexibility index (Phi) is 7.91. The van der Waals surface area contributed by atoms with Gasteiger partial charge in [-0.2, -0.15) is 0 Å². The number of ether oxygens (including phenoxy) is 1. The third-order valence-electron chi connectivity index (χ3n) is 5.52. The second kappa shape index (κ2) is 10.4. The first-order valence-corrected chi connectivity index (χ1v) is 10.4. The van der Waals surface area contributed by atoms with E-state index in [0.29, 0.717) is 23.0 Å². The van der Waals surface area contributed by atoms with Crippen LogP contribution in [0.5, 0.6) is 0 Å². The Labute approximate surface area is 178 Å². The zero-order valence-corrected chi connectivity index (χ0v) is 17.6. The molecule has 2 saturated heterocycles. The molecule has 0 amide bonds. The molecule has 4 rings (SSSR count). The van der Waals surface area contributed by atoms with Gasteiger partial charge in [-0.1, -0.05) is 23.7 Å². The summed E-state index contributed by atoms with van der Waals surface area (Å²) in [6.45, 7) is 3.10. The third-order valence-corrected chi connectivity index (χ3v) is 5.84. The molecule has 3 heterocycles. The molecule has 1 atom stereocenters. The number of anilines is 2. The van der Waals surface area contributed by atoms with Crippen LogP contribution >= 0.6 is 24.0 Å². The summed E-state index contributed by atoms with van der Waals surface area (Å²) < 4.78 is 5.70. The topological polar surface area (TPSA) is 59.1 Å². The van der Waals surface area contributed by atoms with E-state index in [1.807, 2.05) is 0 Å². The van der Waals surface area contributed by atoms with Crippen molar-refractivity contribution in [3.8, 4) is 0 Å². The molecule has 0 aliphatic carbocycles. The number of halogens is 2. The Hall–Kier alpha value is -1.40. The van der Waals surface area contributed by atoms with Crippen molar-refractivity contribution in [2.45, 2.75) is 50.5 Å². The maximum atomic E-state index is 6.29. The molecule has 0 bridgehead atoms. The predicted molar refractivity (Wildman–Crippen MR) is 116 cm³/mol. The first-order chi connectivity index (χ1) is 13.3. The van der Waals surface area contributed by atoms with E-state index in [0.717, 1.165) is 56.8 Å². The van der Waals surface area contributed by atoms with Crippen LogP contribution in [0, 0.1) is 0 Å². The van der Waals surface area contributed by atoms with Gasteiger partial charge in [0.05, 0.1) is 23.0 Å².